The molecule has 1 aromatic rings. The molecule has 0 saturated carbocycles. The number of rotatable bonds is 2. The van der Waals surface area contributed by atoms with E-state index >= 15 is 0 Å². The SMILES string of the molecule is BC(C)(C)C(=O)c1ccc(Cl)cc1N. The van der Waals surface area contributed by atoms with E-state index in [2.05, 4.69) is 0 Å². The Morgan fingerprint density at radius 1 is 1.50 bits per heavy atom. The first-order valence-electron chi connectivity index (χ1n) is 4.42. The maximum Gasteiger partial charge on any atom is 0.162 e. The molecule has 1 rings (SSSR count). The Kier molecular flexibility index (Phi) is 2.91. The van der Waals surface area contributed by atoms with Crippen LogP contribution in [0.1, 0.15) is 24.2 Å². The number of nitrogens with two attached hydrogens (primary N) is 1. The number of hydrogen-bond donors (Lipinski definition) is 1. The summed E-state index contributed by atoms with van der Waals surface area (Å²) >= 11 is 5.74. The molecule has 4 heteroatoms. The van der Waals surface area contributed by atoms with Gasteiger partial charge in [0.05, 0.1) is 0 Å². The summed E-state index contributed by atoms with van der Waals surface area (Å²) in [4.78, 5) is 11.9. The van der Waals surface area contributed by atoms with Gasteiger partial charge in [-0.05, 0) is 23.5 Å². The van der Waals surface area contributed by atoms with Crippen molar-refractivity contribution in [2.75, 3.05) is 5.73 Å². The van der Waals surface area contributed by atoms with Crippen LogP contribution < -0.4 is 5.73 Å². The summed E-state index contributed by atoms with van der Waals surface area (Å²) < 4.78 is 0. The number of ketones is 1. The Morgan fingerprint density at radius 3 is 2.50 bits per heavy atom. The minimum atomic E-state index is -0.415. The van der Waals surface area contributed by atoms with Crippen molar-refractivity contribution in [1.29, 1.82) is 0 Å². The number of carbonyl (C=O) groups is 1. The van der Waals surface area contributed by atoms with Crippen LogP contribution >= 0.6 is 11.6 Å². The lowest BCUT2D eigenvalue weighted by atomic mass is 9.67. The normalized spacial score (nSPS) is 11.4. The van der Waals surface area contributed by atoms with Crippen molar-refractivity contribution in [1.82, 2.24) is 0 Å². The monoisotopic (exact) mass is 209 g/mol. The molecule has 14 heavy (non-hydrogen) atoms. The highest BCUT2D eigenvalue weighted by Crippen LogP contribution is 2.28. The van der Waals surface area contributed by atoms with E-state index in [1.54, 1.807) is 18.2 Å². The van der Waals surface area contributed by atoms with Gasteiger partial charge in [0.1, 0.15) is 7.85 Å². The molecule has 0 aliphatic carbocycles. The van der Waals surface area contributed by atoms with E-state index in [4.69, 9.17) is 17.3 Å². The second kappa shape index (κ2) is 3.66. The van der Waals surface area contributed by atoms with Crippen LogP contribution in [0.25, 0.3) is 0 Å². The van der Waals surface area contributed by atoms with Crippen LogP contribution in [0.15, 0.2) is 18.2 Å². The maximum absolute atomic E-state index is 11.9. The number of nitrogen functional groups attached to an aromatic ring is 1. The average molecular weight is 209 g/mol. The number of anilines is 1. The summed E-state index contributed by atoms with van der Waals surface area (Å²) in [5.41, 5.74) is 6.70. The van der Waals surface area contributed by atoms with Gasteiger partial charge in [-0.25, -0.2) is 0 Å². The minimum absolute atomic E-state index is 0.0340. The molecule has 0 fully saturated rings. The van der Waals surface area contributed by atoms with Crippen molar-refractivity contribution in [2.45, 2.75) is 19.2 Å². The van der Waals surface area contributed by atoms with Crippen molar-refractivity contribution in [3.05, 3.63) is 28.8 Å². The lowest BCUT2D eigenvalue weighted by Crippen LogP contribution is -2.18. The smallest absolute Gasteiger partial charge is 0.162 e. The van der Waals surface area contributed by atoms with Gasteiger partial charge in [-0.3, -0.25) is 4.79 Å². The van der Waals surface area contributed by atoms with Crippen molar-refractivity contribution >= 4 is 30.9 Å². The molecule has 0 aliphatic rings. The van der Waals surface area contributed by atoms with E-state index < -0.39 is 5.31 Å². The molecule has 2 N–H and O–H groups in total. The van der Waals surface area contributed by atoms with Gasteiger partial charge in [0.25, 0.3) is 0 Å². The lowest BCUT2D eigenvalue weighted by molar-refractivity contribution is 0.0950. The summed E-state index contributed by atoms with van der Waals surface area (Å²) in [5, 5.41) is 0.134. The fraction of sp³-hybridized carbons (Fsp3) is 0.300. The van der Waals surface area contributed by atoms with Crippen molar-refractivity contribution < 1.29 is 4.79 Å². The first kappa shape index (κ1) is 11.1. The van der Waals surface area contributed by atoms with E-state index in [1.807, 2.05) is 21.7 Å². The van der Waals surface area contributed by atoms with Crippen molar-refractivity contribution in [3.8, 4) is 0 Å². The highest BCUT2D eigenvalue weighted by molar-refractivity contribution is 6.33. The Hall–Kier alpha value is -0.955. The molecule has 0 unspecified atom stereocenters. The van der Waals surface area contributed by atoms with Crippen LogP contribution in [0.3, 0.4) is 0 Å². The fourth-order valence-electron chi connectivity index (χ4n) is 1.14. The van der Waals surface area contributed by atoms with E-state index in [0.29, 0.717) is 16.3 Å². The summed E-state index contributed by atoms with van der Waals surface area (Å²) in [6.07, 6.45) is 0. The summed E-state index contributed by atoms with van der Waals surface area (Å²) in [7, 11) is 1.86. The van der Waals surface area contributed by atoms with Gasteiger partial charge in [0.2, 0.25) is 0 Å². The summed E-state index contributed by atoms with van der Waals surface area (Å²) in [5.74, 6) is 0.0340. The first-order valence-corrected chi connectivity index (χ1v) is 4.80. The molecule has 0 heterocycles. The molecule has 0 saturated heterocycles. The standard InChI is InChI=1S/C10H13BClNO/c1-10(2,11)9(14)7-4-3-6(12)5-8(7)13/h3-5H,11,13H2,1-2H3. The summed E-state index contributed by atoms with van der Waals surface area (Å²) in [6, 6.07) is 4.95. The van der Waals surface area contributed by atoms with Crippen molar-refractivity contribution in [2.24, 2.45) is 0 Å². The molecule has 0 bridgehead atoms. The number of carbonyl (C=O) groups excluding carboxylic acids is 1. The van der Waals surface area contributed by atoms with Gasteiger partial charge in [-0.2, -0.15) is 0 Å². The Balaban J connectivity index is 3.15. The first-order chi connectivity index (χ1) is 6.32. The third kappa shape index (κ3) is 2.29. The minimum Gasteiger partial charge on any atom is -0.398 e. The number of Topliss-reactive ketones (excluding diaryl/α,β-unsaturated/α-hetero) is 1. The van der Waals surface area contributed by atoms with Gasteiger partial charge >= 0.3 is 0 Å². The van der Waals surface area contributed by atoms with Crippen LogP contribution in [-0.2, 0) is 0 Å². The molecule has 74 valence electrons. The number of benzene rings is 1. The van der Waals surface area contributed by atoms with Gasteiger partial charge in [-0.15, -0.1) is 0 Å². The Morgan fingerprint density at radius 2 is 2.07 bits per heavy atom. The third-order valence-electron chi connectivity index (χ3n) is 1.94. The molecule has 1 aromatic carbocycles. The zero-order chi connectivity index (χ0) is 10.9. The lowest BCUT2D eigenvalue weighted by Gasteiger charge is -2.17. The largest absolute Gasteiger partial charge is 0.398 e. The topological polar surface area (TPSA) is 43.1 Å². The van der Waals surface area contributed by atoms with Gasteiger partial charge in [-0.1, -0.05) is 25.4 Å². The number of hydrogen-bond acceptors (Lipinski definition) is 2. The second-order valence-corrected chi connectivity index (χ2v) is 4.75. The quantitative estimate of drug-likeness (QED) is 0.459. The highest BCUT2D eigenvalue weighted by atomic mass is 35.5. The van der Waals surface area contributed by atoms with Crippen LogP contribution in [-0.4, -0.2) is 13.6 Å². The van der Waals surface area contributed by atoms with Crippen LogP contribution in [0.5, 0.6) is 0 Å². The Labute approximate surface area is 89.8 Å². The predicted molar refractivity (Wildman–Crippen MR) is 62.8 cm³/mol. The van der Waals surface area contributed by atoms with E-state index in [1.165, 1.54) is 0 Å². The van der Waals surface area contributed by atoms with E-state index in [0.717, 1.165) is 0 Å². The van der Waals surface area contributed by atoms with Crippen molar-refractivity contribution in [3.63, 3.8) is 0 Å². The van der Waals surface area contributed by atoms with E-state index in [-0.39, 0.29) is 5.78 Å². The van der Waals surface area contributed by atoms with E-state index in [9.17, 15) is 4.79 Å². The molecule has 0 atom stereocenters. The third-order valence-corrected chi connectivity index (χ3v) is 2.17. The summed E-state index contributed by atoms with van der Waals surface area (Å²) in [6.45, 7) is 3.73. The van der Waals surface area contributed by atoms with Crippen LogP contribution in [0, 0.1) is 0 Å². The van der Waals surface area contributed by atoms with Gasteiger partial charge < -0.3 is 5.73 Å². The van der Waals surface area contributed by atoms with Crippen LogP contribution in [0.4, 0.5) is 5.69 Å². The second-order valence-electron chi connectivity index (χ2n) is 4.31. The fourth-order valence-corrected chi connectivity index (χ4v) is 1.32. The average Bonchev–Trinajstić information content (AvgIpc) is 2.01. The predicted octanol–water partition coefficient (Wildman–Crippen LogP) is 1.94. The molecule has 2 nitrogen and oxygen atoms in total. The molecular weight excluding hydrogens is 196 g/mol. The molecule has 0 spiro atoms. The Bertz CT molecular complexity index is 371. The molecule has 0 radical (unpaired) electrons. The molecule has 0 aliphatic heterocycles. The van der Waals surface area contributed by atoms with Gasteiger partial charge in [0, 0.05) is 16.3 Å². The highest BCUT2D eigenvalue weighted by Gasteiger charge is 2.24. The zero-order valence-corrected chi connectivity index (χ0v) is 9.35. The maximum atomic E-state index is 11.9. The zero-order valence-electron chi connectivity index (χ0n) is 8.60. The van der Waals surface area contributed by atoms with Crippen LogP contribution in [0.2, 0.25) is 10.3 Å². The number of halogens is 1. The molecule has 0 aromatic heterocycles. The van der Waals surface area contributed by atoms with Gasteiger partial charge in [0.15, 0.2) is 5.78 Å². The molecular formula is C10H13BClNO. The molecule has 0 amide bonds.